The molecule has 0 radical (unpaired) electrons. The Morgan fingerprint density at radius 1 is 1.47 bits per heavy atom. The van der Waals surface area contributed by atoms with Crippen LogP contribution in [0.3, 0.4) is 0 Å². The van der Waals surface area contributed by atoms with Crippen LogP contribution in [0.4, 0.5) is 0 Å². The summed E-state index contributed by atoms with van der Waals surface area (Å²) in [6.45, 7) is 0.458. The lowest BCUT2D eigenvalue weighted by Crippen LogP contribution is -2.26. The van der Waals surface area contributed by atoms with E-state index in [1.807, 2.05) is 0 Å². The highest BCUT2D eigenvalue weighted by atomic mass is 35.5. The Balaban J connectivity index is 1.88. The molecule has 0 aliphatic carbocycles. The fraction of sp³-hybridized carbons (Fsp3) is 0.200. The Kier molecular flexibility index (Phi) is 3.66. The van der Waals surface area contributed by atoms with Gasteiger partial charge in [-0.2, -0.15) is 5.10 Å². The Hall–Kier alpha value is -1.95. The van der Waals surface area contributed by atoms with Crippen molar-refractivity contribution in [3.05, 3.63) is 41.2 Å². The summed E-state index contributed by atoms with van der Waals surface area (Å²) in [6.07, 6.45) is 3.55. The van der Waals surface area contributed by atoms with Crippen molar-refractivity contribution in [3.8, 4) is 0 Å². The number of nitrogens with zero attached hydrogens (tertiary/aromatic N) is 3. The summed E-state index contributed by atoms with van der Waals surface area (Å²) >= 11 is 5.80. The molecule has 0 saturated heterocycles. The molecule has 0 fully saturated rings. The van der Waals surface area contributed by atoms with Gasteiger partial charge in [-0.1, -0.05) is 11.6 Å². The van der Waals surface area contributed by atoms with Crippen LogP contribution in [0.15, 0.2) is 24.7 Å². The van der Waals surface area contributed by atoms with Crippen LogP contribution < -0.4 is 5.32 Å². The minimum atomic E-state index is -0.248. The van der Waals surface area contributed by atoms with Crippen molar-refractivity contribution < 1.29 is 4.79 Å². The maximum absolute atomic E-state index is 11.7. The molecule has 17 heavy (non-hydrogen) atoms. The van der Waals surface area contributed by atoms with Gasteiger partial charge in [0.25, 0.3) is 5.91 Å². The van der Waals surface area contributed by atoms with Gasteiger partial charge >= 0.3 is 0 Å². The monoisotopic (exact) mass is 251 g/mol. The highest BCUT2D eigenvalue weighted by Gasteiger charge is 2.09. The largest absolute Gasteiger partial charge is 0.351 e. The van der Waals surface area contributed by atoms with Gasteiger partial charge in [-0.3, -0.25) is 9.89 Å². The zero-order valence-corrected chi connectivity index (χ0v) is 9.61. The molecule has 0 atom stereocenters. The first-order valence-electron chi connectivity index (χ1n) is 5.00. The standard InChI is InChI=1S/C10H10ClN5O/c11-9-7(2-1-4-12-9)10(17)13-5-3-8-14-6-15-16-8/h1-2,4,6H,3,5H2,(H,13,17)(H,14,15,16). The Bertz CT molecular complexity index is 499. The molecule has 0 bridgehead atoms. The molecule has 0 aliphatic heterocycles. The number of halogens is 1. The molecule has 1 amide bonds. The van der Waals surface area contributed by atoms with Gasteiger partial charge in [0.15, 0.2) is 0 Å². The molecule has 2 heterocycles. The van der Waals surface area contributed by atoms with Crippen LogP contribution in [0.2, 0.25) is 5.15 Å². The van der Waals surface area contributed by atoms with Crippen molar-refractivity contribution >= 4 is 17.5 Å². The number of aromatic nitrogens is 4. The summed E-state index contributed by atoms with van der Waals surface area (Å²) in [5.74, 6) is 0.477. The summed E-state index contributed by atoms with van der Waals surface area (Å²) in [5, 5.41) is 9.35. The second-order valence-corrected chi connectivity index (χ2v) is 3.64. The minimum absolute atomic E-state index is 0.199. The predicted molar refractivity (Wildman–Crippen MR) is 61.7 cm³/mol. The third-order valence-corrected chi connectivity index (χ3v) is 2.42. The van der Waals surface area contributed by atoms with Crippen molar-refractivity contribution in [2.24, 2.45) is 0 Å². The molecule has 0 unspecified atom stereocenters. The summed E-state index contributed by atoms with van der Waals surface area (Å²) < 4.78 is 0. The second-order valence-electron chi connectivity index (χ2n) is 3.28. The van der Waals surface area contributed by atoms with E-state index in [4.69, 9.17) is 11.6 Å². The summed E-state index contributed by atoms with van der Waals surface area (Å²) in [5.41, 5.74) is 0.367. The van der Waals surface area contributed by atoms with Gasteiger partial charge in [0, 0.05) is 19.2 Å². The fourth-order valence-electron chi connectivity index (χ4n) is 1.30. The van der Waals surface area contributed by atoms with Gasteiger partial charge in [0.05, 0.1) is 5.56 Å². The fourth-order valence-corrected chi connectivity index (χ4v) is 1.50. The van der Waals surface area contributed by atoms with E-state index in [1.54, 1.807) is 12.1 Å². The molecule has 2 aromatic rings. The molecule has 2 aromatic heterocycles. The van der Waals surface area contributed by atoms with E-state index in [-0.39, 0.29) is 11.1 Å². The number of aromatic amines is 1. The van der Waals surface area contributed by atoms with E-state index in [0.717, 1.165) is 5.82 Å². The summed E-state index contributed by atoms with van der Waals surface area (Å²) in [6, 6.07) is 3.29. The number of carbonyl (C=O) groups is 1. The van der Waals surface area contributed by atoms with Crippen molar-refractivity contribution in [3.63, 3.8) is 0 Å². The molecule has 6 nitrogen and oxygen atoms in total. The molecular formula is C10H10ClN5O. The van der Waals surface area contributed by atoms with Gasteiger partial charge in [0.2, 0.25) is 0 Å². The van der Waals surface area contributed by atoms with Crippen molar-refractivity contribution in [2.75, 3.05) is 6.54 Å². The van der Waals surface area contributed by atoms with Crippen LogP contribution in [0.1, 0.15) is 16.2 Å². The molecule has 88 valence electrons. The van der Waals surface area contributed by atoms with Gasteiger partial charge in [-0.25, -0.2) is 9.97 Å². The number of pyridine rings is 1. The summed E-state index contributed by atoms with van der Waals surface area (Å²) in [7, 11) is 0. The number of hydrogen-bond acceptors (Lipinski definition) is 4. The third-order valence-electron chi connectivity index (χ3n) is 2.12. The van der Waals surface area contributed by atoms with Crippen LogP contribution in [0, 0.1) is 0 Å². The first-order chi connectivity index (χ1) is 8.27. The number of rotatable bonds is 4. The van der Waals surface area contributed by atoms with E-state index in [9.17, 15) is 4.79 Å². The zero-order valence-electron chi connectivity index (χ0n) is 8.85. The highest BCUT2D eigenvalue weighted by molar-refractivity contribution is 6.32. The van der Waals surface area contributed by atoms with Gasteiger partial charge in [-0.15, -0.1) is 0 Å². The first-order valence-corrected chi connectivity index (χ1v) is 5.38. The van der Waals surface area contributed by atoms with Crippen LogP contribution in [-0.4, -0.2) is 32.6 Å². The van der Waals surface area contributed by atoms with Crippen LogP contribution >= 0.6 is 11.6 Å². The lowest BCUT2D eigenvalue weighted by atomic mass is 10.2. The Morgan fingerprint density at radius 2 is 2.35 bits per heavy atom. The lowest BCUT2D eigenvalue weighted by molar-refractivity contribution is 0.0954. The number of H-pyrrole nitrogens is 1. The first kappa shape index (κ1) is 11.5. The van der Waals surface area contributed by atoms with Crippen LogP contribution in [-0.2, 0) is 6.42 Å². The van der Waals surface area contributed by atoms with Gasteiger partial charge < -0.3 is 5.32 Å². The van der Waals surface area contributed by atoms with Crippen molar-refractivity contribution in [1.82, 2.24) is 25.5 Å². The van der Waals surface area contributed by atoms with Crippen LogP contribution in [0.25, 0.3) is 0 Å². The number of hydrogen-bond donors (Lipinski definition) is 2. The Labute approximate surface area is 102 Å². The molecule has 0 aromatic carbocycles. The molecule has 0 aliphatic rings. The average molecular weight is 252 g/mol. The quantitative estimate of drug-likeness (QED) is 0.789. The molecule has 2 rings (SSSR count). The molecule has 0 spiro atoms. The van der Waals surface area contributed by atoms with Crippen LogP contribution in [0.5, 0.6) is 0 Å². The normalized spacial score (nSPS) is 10.2. The number of amides is 1. The number of nitrogens with one attached hydrogen (secondary N) is 2. The molecule has 7 heteroatoms. The van der Waals surface area contributed by atoms with E-state index < -0.39 is 0 Å². The lowest BCUT2D eigenvalue weighted by Gasteiger charge is -2.04. The molecular weight excluding hydrogens is 242 g/mol. The van der Waals surface area contributed by atoms with Crippen molar-refractivity contribution in [2.45, 2.75) is 6.42 Å². The second kappa shape index (κ2) is 5.40. The minimum Gasteiger partial charge on any atom is -0.351 e. The maximum atomic E-state index is 11.7. The van der Waals surface area contributed by atoms with Gasteiger partial charge in [-0.05, 0) is 12.1 Å². The third kappa shape index (κ3) is 3.01. The Morgan fingerprint density at radius 3 is 3.06 bits per heavy atom. The maximum Gasteiger partial charge on any atom is 0.254 e. The molecule has 0 saturated carbocycles. The zero-order chi connectivity index (χ0) is 12.1. The van der Waals surface area contributed by atoms with Crippen molar-refractivity contribution in [1.29, 1.82) is 0 Å². The predicted octanol–water partition coefficient (Wildman–Crippen LogP) is 0.826. The SMILES string of the molecule is O=C(NCCc1ncn[nH]1)c1cccnc1Cl. The highest BCUT2D eigenvalue weighted by Crippen LogP contribution is 2.10. The number of carbonyl (C=O) groups excluding carboxylic acids is 1. The van der Waals surface area contributed by atoms with E-state index in [0.29, 0.717) is 18.5 Å². The average Bonchev–Trinajstić information content (AvgIpc) is 2.82. The summed E-state index contributed by atoms with van der Waals surface area (Å²) in [4.78, 5) is 19.5. The molecule has 2 N–H and O–H groups in total. The topological polar surface area (TPSA) is 83.6 Å². The van der Waals surface area contributed by atoms with E-state index >= 15 is 0 Å². The van der Waals surface area contributed by atoms with Gasteiger partial charge in [0.1, 0.15) is 17.3 Å². The smallest absolute Gasteiger partial charge is 0.254 e. The van der Waals surface area contributed by atoms with E-state index in [1.165, 1.54) is 12.5 Å². The van der Waals surface area contributed by atoms with E-state index in [2.05, 4.69) is 25.5 Å².